The molecule has 0 fully saturated rings. The van der Waals surface area contributed by atoms with Crippen molar-refractivity contribution in [2.24, 2.45) is 5.73 Å². The van der Waals surface area contributed by atoms with Gasteiger partial charge in [-0.3, -0.25) is 5.41 Å². The molecular formula is C9H9F4N3. The predicted octanol–water partition coefficient (Wildman–Crippen LogP) is 2.17. The number of alkyl halides is 3. The smallest absolute Gasteiger partial charge is 0.370 e. The van der Waals surface area contributed by atoms with Gasteiger partial charge in [0, 0.05) is 7.05 Å². The first kappa shape index (κ1) is 12.3. The number of nitrogens with zero attached hydrogens (tertiary/aromatic N) is 1. The van der Waals surface area contributed by atoms with Gasteiger partial charge in [-0.05, 0) is 18.2 Å². The molecule has 0 atom stereocenters. The molecule has 0 bridgehead atoms. The summed E-state index contributed by atoms with van der Waals surface area (Å²) in [5, 5.41) is 7.03. The molecule has 0 saturated carbocycles. The van der Waals surface area contributed by atoms with Crippen LogP contribution in [-0.2, 0) is 6.18 Å². The second-order valence-corrected chi connectivity index (χ2v) is 3.11. The van der Waals surface area contributed by atoms with E-state index in [-0.39, 0.29) is 5.69 Å². The van der Waals surface area contributed by atoms with Crippen LogP contribution in [-0.4, -0.2) is 13.0 Å². The molecule has 7 heteroatoms. The third-order valence-electron chi connectivity index (χ3n) is 2.00. The fourth-order valence-corrected chi connectivity index (χ4v) is 1.09. The highest BCUT2D eigenvalue weighted by atomic mass is 19.4. The molecule has 3 nitrogen and oxygen atoms in total. The summed E-state index contributed by atoms with van der Waals surface area (Å²) in [6.45, 7) is 0. The number of nitrogens with one attached hydrogen (secondary N) is 1. The Morgan fingerprint density at radius 1 is 1.38 bits per heavy atom. The van der Waals surface area contributed by atoms with Crippen molar-refractivity contribution in [3.63, 3.8) is 0 Å². The van der Waals surface area contributed by atoms with Gasteiger partial charge < -0.3 is 10.6 Å². The largest absolute Gasteiger partial charge is 0.416 e. The van der Waals surface area contributed by atoms with Crippen LogP contribution in [0.1, 0.15) is 5.56 Å². The molecule has 0 amide bonds. The number of nitrogens with two attached hydrogens (primary N) is 1. The molecular weight excluding hydrogens is 226 g/mol. The quantitative estimate of drug-likeness (QED) is 0.445. The summed E-state index contributed by atoms with van der Waals surface area (Å²) in [5.41, 5.74) is 3.82. The summed E-state index contributed by atoms with van der Waals surface area (Å²) >= 11 is 0. The van der Waals surface area contributed by atoms with Crippen molar-refractivity contribution in [2.75, 3.05) is 11.9 Å². The molecule has 0 saturated heterocycles. The van der Waals surface area contributed by atoms with Gasteiger partial charge in [0.1, 0.15) is 5.82 Å². The molecule has 0 radical (unpaired) electrons. The van der Waals surface area contributed by atoms with Gasteiger partial charge in [-0.25, -0.2) is 4.39 Å². The topological polar surface area (TPSA) is 53.1 Å². The first-order valence-corrected chi connectivity index (χ1v) is 4.18. The Morgan fingerprint density at radius 2 is 1.94 bits per heavy atom. The summed E-state index contributed by atoms with van der Waals surface area (Å²) in [7, 11) is 1.29. The molecule has 1 aromatic rings. The van der Waals surface area contributed by atoms with Crippen LogP contribution in [0.5, 0.6) is 0 Å². The van der Waals surface area contributed by atoms with E-state index in [0.717, 1.165) is 17.0 Å². The van der Waals surface area contributed by atoms with E-state index in [1.54, 1.807) is 0 Å². The second kappa shape index (κ2) is 3.99. The van der Waals surface area contributed by atoms with Crippen LogP contribution in [0, 0.1) is 11.2 Å². The molecule has 0 unspecified atom stereocenters. The maximum absolute atomic E-state index is 13.3. The van der Waals surface area contributed by atoms with Gasteiger partial charge in [0.25, 0.3) is 0 Å². The zero-order chi connectivity index (χ0) is 12.5. The molecule has 1 rings (SSSR count). The van der Waals surface area contributed by atoms with E-state index in [9.17, 15) is 17.6 Å². The number of hydrogen-bond donors (Lipinski definition) is 2. The minimum atomic E-state index is -4.59. The van der Waals surface area contributed by atoms with Gasteiger partial charge in [0.15, 0.2) is 5.96 Å². The standard InChI is InChI=1S/C9H9F4N3/c1-16(8(14)15)7-3-2-5(4-6(7)10)9(11,12)13/h2-4H,1H3,(H3,14,15). The number of anilines is 1. The lowest BCUT2D eigenvalue weighted by atomic mass is 10.2. The number of hydrogen-bond acceptors (Lipinski definition) is 1. The van der Waals surface area contributed by atoms with E-state index < -0.39 is 23.5 Å². The normalized spacial score (nSPS) is 11.3. The molecule has 88 valence electrons. The van der Waals surface area contributed by atoms with E-state index in [1.165, 1.54) is 7.05 Å². The Balaban J connectivity index is 3.15. The number of benzene rings is 1. The lowest BCUT2D eigenvalue weighted by Crippen LogP contribution is -2.33. The van der Waals surface area contributed by atoms with E-state index in [0.29, 0.717) is 6.07 Å². The summed E-state index contributed by atoms with van der Waals surface area (Å²) in [5.74, 6) is -1.54. The Labute approximate surface area is 89.0 Å². The van der Waals surface area contributed by atoms with Crippen molar-refractivity contribution in [3.8, 4) is 0 Å². The Morgan fingerprint density at radius 3 is 2.31 bits per heavy atom. The molecule has 0 aromatic heterocycles. The fourth-order valence-electron chi connectivity index (χ4n) is 1.09. The van der Waals surface area contributed by atoms with Crippen molar-refractivity contribution >= 4 is 11.6 Å². The van der Waals surface area contributed by atoms with Crippen LogP contribution in [0.4, 0.5) is 23.2 Å². The van der Waals surface area contributed by atoms with Crippen LogP contribution >= 0.6 is 0 Å². The SMILES string of the molecule is CN(C(=N)N)c1ccc(C(F)(F)F)cc1F. The molecule has 16 heavy (non-hydrogen) atoms. The maximum atomic E-state index is 13.3. The zero-order valence-corrected chi connectivity index (χ0v) is 8.27. The van der Waals surface area contributed by atoms with Crippen molar-refractivity contribution in [2.45, 2.75) is 6.18 Å². The highest BCUT2D eigenvalue weighted by Gasteiger charge is 2.31. The highest BCUT2D eigenvalue weighted by molar-refractivity contribution is 5.91. The number of rotatable bonds is 1. The number of halogens is 4. The average Bonchev–Trinajstić information content (AvgIpc) is 2.15. The van der Waals surface area contributed by atoms with E-state index >= 15 is 0 Å². The maximum Gasteiger partial charge on any atom is 0.416 e. The van der Waals surface area contributed by atoms with Crippen LogP contribution in [0.2, 0.25) is 0 Å². The first-order chi connectivity index (χ1) is 7.23. The monoisotopic (exact) mass is 235 g/mol. The Kier molecular flexibility index (Phi) is 3.06. The third kappa shape index (κ3) is 2.41. The minimum absolute atomic E-state index is 0.180. The van der Waals surface area contributed by atoms with Gasteiger partial charge in [0.05, 0.1) is 11.3 Å². The van der Waals surface area contributed by atoms with Gasteiger partial charge in [-0.15, -0.1) is 0 Å². The van der Waals surface area contributed by atoms with Crippen LogP contribution in [0.15, 0.2) is 18.2 Å². The van der Waals surface area contributed by atoms with Crippen LogP contribution in [0.3, 0.4) is 0 Å². The Bertz CT molecular complexity index is 414. The fraction of sp³-hybridized carbons (Fsp3) is 0.222. The van der Waals surface area contributed by atoms with Gasteiger partial charge in [-0.1, -0.05) is 0 Å². The third-order valence-corrected chi connectivity index (χ3v) is 2.00. The minimum Gasteiger partial charge on any atom is -0.370 e. The summed E-state index contributed by atoms with van der Waals surface area (Å²) in [6.07, 6.45) is -4.59. The summed E-state index contributed by atoms with van der Waals surface area (Å²) < 4.78 is 49.9. The average molecular weight is 235 g/mol. The predicted molar refractivity (Wildman–Crippen MR) is 51.7 cm³/mol. The molecule has 0 spiro atoms. The van der Waals surface area contributed by atoms with E-state index in [1.807, 2.05) is 0 Å². The molecule has 0 heterocycles. The van der Waals surface area contributed by atoms with Gasteiger partial charge in [-0.2, -0.15) is 13.2 Å². The van der Waals surface area contributed by atoms with Crippen molar-refractivity contribution in [1.29, 1.82) is 5.41 Å². The lowest BCUT2D eigenvalue weighted by Gasteiger charge is -2.18. The molecule has 0 aliphatic carbocycles. The molecule has 3 N–H and O–H groups in total. The lowest BCUT2D eigenvalue weighted by molar-refractivity contribution is -0.137. The van der Waals surface area contributed by atoms with Gasteiger partial charge >= 0.3 is 6.18 Å². The van der Waals surface area contributed by atoms with Crippen LogP contribution in [0.25, 0.3) is 0 Å². The van der Waals surface area contributed by atoms with Crippen molar-refractivity contribution in [3.05, 3.63) is 29.6 Å². The highest BCUT2D eigenvalue weighted by Crippen LogP contribution is 2.31. The zero-order valence-electron chi connectivity index (χ0n) is 8.27. The molecule has 1 aromatic carbocycles. The first-order valence-electron chi connectivity index (χ1n) is 4.18. The second-order valence-electron chi connectivity index (χ2n) is 3.11. The van der Waals surface area contributed by atoms with Crippen molar-refractivity contribution < 1.29 is 17.6 Å². The van der Waals surface area contributed by atoms with Crippen molar-refractivity contribution in [1.82, 2.24) is 0 Å². The Hall–Kier alpha value is -1.79. The van der Waals surface area contributed by atoms with E-state index in [4.69, 9.17) is 11.1 Å². The summed E-state index contributed by atoms with van der Waals surface area (Å²) in [6, 6.07) is 2.03. The summed E-state index contributed by atoms with van der Waals surface area (Å²) in [4.78, 5) is 0.940. The van der Waals surface area contributed by atoms with Crippen LogP contribution < -0.4 is 10.6 Å². The van der Waals surface area contributed by atoms with E-state index in [2.05, 4.69) is 0 Å². The molecule has 0 aliphatic heterocycles. The van der Waals surface area contributed by atoms with Gasteiger partial charge in [0.2, 0.25) is 0 Å². The molecule has 0 aliphatic rings. The number of guanidine groups is 1.